The fourth-order valence-electron chi connectivity index (χ4n) is 3.43. The van der Waals surface area contributed by atoms with Crippen LogP contribution in [0.25, 0.3) is 0 Å². The summed E-state index contributed by atoms with van der Waals surface area (Å²) >= 11 is 0. The zero-order chi connectivity index (χ0) is 13.3. The molecule has 2 heterocycles. The third-order valence-electron chi connectivity index (χ3n) is 4.33. The summed E-state index contributed by atoms with van der Waals surface area (Å²) in [6.07, 6.45) is 2.52. The van der Waals surface area contributed by atoms with Crippen LogP contribution in [0.5, 0.6) is 0 Å². The van der Waals surface area contributed by atoms with E-state index < -0.39 is 0 Å². The molecule has 2 saturated heterocycles. The molecule has 2 rings (SSSR count). The van der Waals surface area contributed by atoms with Gasteiger partial charge in [-0.2, -0.15) is 0 Å². The summed E-state index contributed by atoms with van der Waals surface area (Å²) in [6, 6.07) is 1.83. The Morgan fingerprint density at radius 1 is 1.22 bits per heavy atom. The van der Waals surface area contributed by atoms with E-state index in [0.717, 1.165) is 19.6 Å². The van der Waals surface area contributed by atoms with Crippen molar-refractivity contribution < 1.29 is 4.74 Å². The largest absolute Gasteiger partial charge is 0.349 e. The molecule has 0 aromatic heterocycles. The maximum atomic E-state index is 6.10. The van der Waals surface area contributed by atoms with Crippen molar-refractivity contribution in [2.24, 2.45) is 0 Å². The fourth-order valence-corrected chi connectivity index (χ4v) is 3.43. The van der Waals surface area contributed by atoms with E-state index in [1.807, 2.05) is 0 Å². The number of likely N-dealkylation sites (tertiary alicyclic amines) is 1. The first kappa shape index (κ1) is 14.3. The van der Waals surface area contributed by atoms with Gasteiger partial charge in [-0.3, -0.25) is 9.80 Å². The first-order valence-electron chi connectivity index (χ1n) is 7.35. The van der Waals surface area contributed by atoms with E-state index in [9.17, 15) is 0 Å². The monoisotopic (exact) mass is 255 g/mol. The minimum absolute atomic E-state index is 0.173. The van der Waals surface area contributed by atoms with Gasteiger partial charge in [-0.15, -0.1) is 0 Å². The predicted octanol–water partition coefficient (Wildman–Crippen LogP) is 1.43. The summed E-state index contributed by atoms with van der Waals surface area (Å²) in [7, 11) is 4.45. The molecule has 0 saturated carbocycles. The number of ether oxygens (including phenoxy) is 1. The van der Waals surface area contributed by atoms with E-state index in [-0.39, 0.29) is 6.35 Å². The van der Waals surface area contributed by atoms with Crippen LogP contribution in [0.3, 0.4) is 0 Å². The molecule has 2 fully saturated rings. The summed E-state index contributed by atoms with van der Waals surface area (Å²) in [5, 5.41) is 0. The molecule has 4 nitrogen and oxygen atoms in total. The van der Waals surface area contributed by atoms with Gasteiger partial charge in [-0.25, -0.2) is 0 Å². The molecule has 0 spiro atoms. The Labute approximate surface area is 112 Å². The first-order chi connectivity index (χ1) is 8.56. The molecule has 18 heavy (non-hydrogen) atoms. The van der Waals surface area contributed by atoms with Crippen LogP contribution < -0.4 is 0 Å². The molecular formula is C14H29N3O. The van der Waals surface area contributed by atoms with Crippen LogP contribution in [-0.2, 0) is 4.74 Å². The van der Waals surface area contributed by atoms with E-state index in [1.165, 1.54) is 13.0 Å². The van der Waals surface area contributed by atoms with Gasteiger partial charge in [0.2, 0.25) is 0 Å². The van der Waals surface area contributed by atoms with E-state index in [0.29, 0.717) is 18.1 Å². The van der Waals surface area contributed by atoms with Crippen molar-refractivity contribution in [3.8, 4) is 0 Å². The lowest BCUT2D eigenvalue weighted by Gasteiger charge is -2.37. The molecule has 0 aliphatic carbocycles. The number of likely N-dealkylation sites (N-methyl/N-ethyl adjacent to an activating group) is 2. The Morgan fingerprint density at radius 2 is 1.94 bits per heavy atom. The van der Waals surface area contributed by atoms with Crippen LogP contribution in [-0.4, -0.2) is 73.0 Å². The van der Waals surface area contributed by atoms with Crippen molar-refractivity contribution in [1.82, 2.24) is 14.7 Å². The lowest BCUT2D eigenvalue weighted by atomic mass is 9.99. The number of fused-ring (bicyclic) bond motifs is 1. The van der Waals surface area contributed by atoms with E-state index in [4.69, 9.17) is 4.74 Å². The van der Waals surface area contributed by atoms with Crippen LogP contribution in [0.15, 0.2) is 0 Å². The Balaban J connectivity index is 2.13. The van der Waals surface area contributed by atoms with Gasteiger partial charge in [0.05, 0.1) is 0 Å². The van der Waals surface area contributed by atoms with Gasteiger partial charge < -0.3 is 9.64 Å². The molecule has 0 bridgehead atoms. The van der Waals surface area contributed by atoms with E-state index in [1.54, 1.807) is 0 Å². The van der Waals surface area contributed by atoms with Gasteiger partial charge in [0, 0.05) is 31.3 Å². The van der Waals surface area contributed by atoms with Crippen molar-refractivity contribution in [3.05, 3.63) is 0 Å². The van der Waals surface area contributed by atoms with Crippen LogP contribution in [0, 0.1) is 0 Å². The molecule has 2 aliphatic heterocycles. The topological polar surface area (TPSA) is 19.0 Å². The van der Waals surface area contributed by atoms with Gasteiger partial charge >= 0.3 is 0 Å². The normalized spacial score (nSPS) is 35.3. The number of rotatable bonds is 4. The van der Waals surface area contributed by atoms with Crippen molar-refractivity contribution in [2.45, 2.75) is 58.1 Å². The molecule has 3 unspecified atom stereocenters. The lowest BCUT2D eigenvalue weighted by Crippen LogP contribution is -2.51. The van der Waals surface area contributed by atoms with Crippen LogP contribution in [0.1, 0.15) is 33.6 Å². The molecule has 2 aliphatic rings. The zero-order valence-corrected chi connectivity index (χ0v) is 12.6. The second-order valence-corrected chi connectivity index (χ2v) is 6.09. The Morgan fingerprint density at radius 3 is 2.56 bits per heavy atom. The van der Waals surface area contributed by atoms with Gasteiger partial charge in [0.25, 0.3) is 0 Å². The predicted molar refractivity (Wildman–Crippen MR) is 74.5 cm³/mol. The average molecular weight is 255 g/mol. The van der Waals surface area contributed by atoms with Gasteiger partial charge in [0.15, 0.2) is 6.35 Å². The first-order valence-corrected chi connectivity index (χ1v) is 7.35. The highest BCUT2D eigenvalue weighted by atomic mass is 16.5. The maximum absolute atomic E-state index is 6.10. The Bertz CT molecular complexity index is 272. The summed E-state index contributed by atoms with van der Waals surface area (Å²) in [4.78, 5) is 7.46. The molecule has 106 valence electrons. The molecule has 0 aromatic rings. The summed E-state index contributed by atoms with van der Waals surface area (Å²) in [6.45, 7) is 9.98. The fraction of sp³-hybridized carbons (Fsp3) is 1.00. The lowest BCUT2D eigenvalue weighted by molar-refractivity contribution is -0.121. The number of hydrogen-bond donors (Lipinski definition) is 0. The SMILES string of the molecule is CCCOC1N(C)C2CN(C)CCC2N1C(C)C. The maximum Gasteiger partial charge on any atom is 0.169 e. The van der Waals surface area contributed by atoms with Crippen molar-refractivity contribution in [3.63, 3.8) is 0 Å². The van der Waals surface area contributed by atoms with Crippen molar-refractivity contribution in [1.29, 1.82) is 0 Å². The molecular weight excluding hydrogens is 226 g/mol. The summed E-state index contributed by atoms with van der Waals surface area (Å²) < 4.78 is 6.10. The van der Waals surface area contributed by atoms with E-state index >= 15 is 0 Å². The molecule has 4 heteroatoms. The van der Waals surface area contributed by atoms with Crippen LogP contribution >= 0.6 is 0 Å². The number of nitrogens with zero attached hydrogens (tertiary/aromatic N) is 3. The summed E-state index contributed by atoms with van der Waals surface area (Å²) in [5.74, 6) is 0. The Kier molecular flexibility index (Phi) is 4.64. The van der Waals surface area contributed by atoms with E-state index in [2.05, 4.69) is 49.6 Å². The highest BCUT2D eigenvalue weighted by Gasteiger charge is 2.48. The average Bonchev–Trinajstić information content (AvgIpc) is 2.60. The zero-order valence-electron chi connectivity index (χ0n) is 12.6. The molecule has 0 N–H and O–H groups in total. The van der Waals surface area contributed by atoms with Gasteiger partial charge in [0.1, 0.15) is 0 Å². The number of piperidine rings is 1. The Hall–Kier alpha value is -0.160. The standard InChI is InChI=1S/C14H29N3O/c1-6-9-18-14-16(5)13-10-15(4)8-7-12(13)17(14)11(2)3/h11-14H,6-10H2,1-5H3. The molecule has 0 radical (unpaired) electrons. The smallest absolute Gasteiger partial charge is 0.169 e. The molecule has 3 atom stereocenters. The highest BCUT2D eigenvalue weighted by Crippen LogP contribution is 2.33. The van der Waals surface area contributed by atoms with Gasteiger partial charge in [-0.05, 0) is 47.3 Å². The van der Waals surface area contributed by atoms with Crippen molar-refractivity contribution in [2.75, 3.05) is 33.8 Å². The third-order valence-corrected chi connectivity index (χ3v) is 4.33. The van der Waals surface area contributed by atoms with Crippen LogP contribution in [0.4, 0.5) is 0 Å². The minimum Gasteiger partial charge on any atom is -0.349 e. The highest BCUT2D eigenvalue weighted by molar-refractivity contribution is 4.99. The minimum atomic E-state index is 0.173. The molecule has 0 amide bonds. The van der Waals surface area contributed by atoms with Gasteiger partial charge in [-0.1, -0.05) is 6.92 Å². The summed E-state index contributed by atoms with van der Waals surface area (Å²) in [5.41, 5.74) is 0. The quantitative estimate of drug-likeness (QED) is 0.756. The molecule has 0 aromatic carbocycles. The second-order valence-electron chi connectivity index (χ2n) is 6.09. The van der Waals surface area contributed by atoms with Crippen LogP contribution in [0.2, 0.25) is 0 Å². The second kappa shape index (κ2) is 5.87. The third kappa shape index (κ3) is 2.57. The van der Waals surface area contributed by atoms with Crippen molar-refractivity contribution >= 4 is 0 Å². The number of hydrogen-bond acceptors (Lipinski definition) is 4.